The maximum absolute atomic E-state index is 12.3. The topological polar surface area (TPSA) is 91.7 Å². The lowest BCUT2D eigenvalue weighted by molar-refractivity contribution is 0.100. The fourth-order valence-electron chi connectivity index (χ4n) is 2.11. The Hall–Kier alpha value is -2.95. The lowest BCUT2D eigenvalue weighted by atomic mass is 9.98. The summed E-state index contributed by atoms with van der Waals surface area (Å²) in [6, 6.07) is 8.00. The van der Waals surface area contributed by atoms with Crippen LogP contribution in [0.2, 0.25) is 0 Å². The summed E-state index contributed by atoms with van der Waals surface area (Å²) < 4.78 is 0. The van der Waals surface area contributed by atoms with Gasteiger partial charge in [-0.25, -0.2) is 0 Å². The predicted octanol–water partition coefficient (Wildman–Crippen LogP) is 2.73. The van der Waals surface area contributed by atoms with E-state index in [-0.39, 0.29) is 45.3 Å². The van der Waals surface area contributed by atoms with E-state index < -0.39 is 5.78 Å². The van der Waals surface area contributed by atoms with Gasteiger partial charge in [0.1, 0.15) is 11.5 Å². The van der Waals surface area contributed by atoms with Crippen molar-refractivity contribution in [2.75, 3.05) is 0 Å². The molecule has 2 aromatic carbocycles. The van der Waals surface area contributed by atoms with Crippen molar-refractivity contribution < 1.29 is 24.6 Å². The van der Waals surface area contributed by atoms with Crippen molar-refractivity contribution in [3.05, 3.63) is 58.7 Å². The van der Waals surface area contributed by atoms with Crippen molar-refractivity contribution in [3.63, 3.8) is 0 Å². The van der Waals surface area contributed by atoms with Gasteiger partial charge < -0.3 is 10.2 Å². The van der Waals surface area contributed by atoms with Crippen LogP contribution >= 0.6 is 0 Å². The Balaban J connectivity index is 2.40. The minimum atomic E-state index is -0.434. The summed E-state index contributed by atoms with van der Waals surface area (Å²) in [5.41, 5.74) is 0.618. The van der Waals surface area contributed by atoms with Crippen LogP contribution in [0.5, 0.6) is 11.5 Å². The van der Waals surface area contributed by atoms with E-state index in [9.17, 15) is 24.6 Å². The molecule has 0 amide bonds. The number of benzene rings is 2. The predicted molar refractivity (Wildman–Crippen MR) is 79.7 cm³/mol. The van der Waals surface area contributed by atoms with Crippen LogP contribution in [0, 0.1) is 0 Å². The largest absolute Gasteiger partial charge is 0.507 e. The highest BCUT2D eigenvalue weighted by Crippen LogP contribution is 2.24. The number of carbonyl (C=O) groups is 3. The minimum absolute atomic E-state index is 0.131. The van der Waals surface area contributed by atoms with E-state index in [2.05, 4.69) is 0 Å². The number of rotatable bonds is 4. The van der Waals surface area contributed by atoms with Crippen molar-refractivity contribution in [1.82, 2.24) is 0 Å². The van der Waals surface area contributed by atoms with Gasteiger partial charge in [-0.2, -0.15) is 0 Å². The fourth-order valence-corrected chi connectivity index (χ4v) is 2.11. The van der Waals surface area contributed by atoms with Gasteiger partial charge in [0.25, 0.3) is 0 Å². The molecule has 0 aliphatic carbocycles. The molecule has 0 aliphatic rings. The van der Waals surface area contributed by atoms with Gasteiger partial charge in [0.05, 0.1) is 11.1 Å². The van der Waals surface area contributed by atoms with Crippen LogP contribution in [0.3, 0.4) is 0 Å². The number of phenolic OH excluding ortho intramolecular Hbond substituents is 2. The Bertz CT molecular complexity index is 724. The van der Waals surface area contributed by atoms with E-state index in [1.54, 1.807) is 0 Å². The Morgan fingerprint density at radius 2 is 1.09 bits per heavy atom. The molecule has 0 saturated carbocycles. The van der Waals surface area contributed by atoms with Crippen LogP contribution in [0.25, 0.3) is 0 Å². The molecule has 0 spiro atoms. The Kier molecular flexibility index (Phi) is 4.08. The molecule has 2 rings (SSSR count). The van der Waals surface area contributed by atoms with Gasteiger partial charge in [0.15, 0.2) is 17.3 Å². The summed E-state index contributed by atoms with van der Waals surface area (Å²) in [5.74, 6) is -1.60. The molecular weight excluding hydrogens is 284 g/mol. The zero-order valence-corrected chi connectivity index (χ0v) is 12.1. The molecule has 22 heavy (non-hydrogen) atoms. The third kappa shape index (κ3) is 2.88. The lowest BCUT2D eigenvalue weighted by Gasteiger charge is -2.07. The van der Waals surface area contributed by atoms with Crippen molar-refractivity contribution in [2.24, 2.45) is 0 Å². The van der Waals surface area contributed by atoms with Crippen molar-refractivity contribution >= 4 is 17.3 Å². The summed E-state index contributed by atoms with van der Waals surface area (Å²) in [7, 11) is 0. The second kappa shape index (κ2) is 5.81. The molecule has 5 heteroatoms. The van der Waals surface area contributed by atoms with E-state index in [0.717, 1.165) is 0 Å². The second-order valence-corrected chi connectivity index (χ2v) is 4.91. The summed E-state index contributed by atoms with van der Waals surface area (Å²) in [6.45, 7) is 2.63. The lowest BCUT2D eigenvalue weighted by Crippen LogP contribution is -2.04. The molecular formula is C17H14O5. The molecule has 0 saturated heterocycles. The van der Waals surface area contributed by atoms with Crippen LogP contribution in [0.15, 0.2) is 36.4 Å². The molecule has 2 N–H and O–H groups in total. The normalized spacial score (nSPS) is 10.3. The van der Waals surface area contributed by atoms with E-state index in [1.165, 1.54) is 50.2 Å². The van der Waals surface area contributed by atoms with Gasteiger partial charge >= 0.3 is 0 Å². The summed E-state index contributed by atoms with van der Waals surface area (Å²) in [6.07, 6.45) is 0. The first kappa shape index (κ1) is 15.4. The van der Waals surface area contributed by atoms with Gasteiger partial charge in [0, 0.05) is 11.1 Å². The zero-order valence-electron chi connectivity index (χ0n) is 12.1. The smallest absolute Gasteiger partial charge is 0.193 e. The van der Waals surface area contributed by atoms with Gasteiger partial charge in [-0.15, -0.1) is 0 Å². The van der Waals surface area contributed by atoms with E-state index in [0.29, 0.717) is 0 Å². The number of hydrogen-bond acceptors (Lipinski definition) is 5. The van der Waals surface area contributed by atoms with E-state index in [4.69, 9.17) is 0 Å². The third-order valence-corrected chi connectivity index (χ3v) is 3.28. The summed E-state index contributed by atoms with van der Waals surface area (Å²) >= 11 is 0. The van der Waals surface area contributed by atoms with Crippen LogP contribution in [0.4, 0.5) is 0 Å². The molecule has 0 bridgehead atoms. The standard InChI is InChI=1S/C17H14O5/c1-9(18)13-5-3-11(7-15(13)20)17(22)12-4-6-14(10(2)19)16(21)8-12/h3-8,20-21H,1-2H3. The highest BCUT2D eigenvalue weighted by molar-refractivity contribution is 6.11. The number of hydrogen-bond donors (Lipinski definition) is 2. The minimum Gasteiger partial charge on any atom is -0.507 e. The summed E-state index contributed by atoms with van der Waals surface area (Å²) in [4.78, 5) is 34.8. The first-order valence-corrected chi connectivity index (χ1v) is 6.54. The van der Waals surface area contributed by atoms with Gasteiger partial charge in [-0.3, -0.25) is 14.4 Å². The van der Waals surface area contributed by atoms with Crippen LogP contribution < -0.4 is 0 Å². The number of Topliss-reactive ketones (excluding diaryl/α,β-unsaturated/α-hetero) is 2. The molecule has 0 aliphatic heterocycles. The molecule has 0 radical (unpaired) electrons. The Morgan fingerprint density at radius 1 is 0.727 bits per heavy atom. The van der Waals surface area contributed by atoms with Crippen molar-refractivity contribution in [1.29, 1.82) is 0 Å². The van der Waals surface area contributed by atoms with Crippen molar-refractivity contribution in [3.8, 4) is 11.5 Å². The quantitative estimate of drug-likeness (QED) is 0.847. The van der Waals surface area contributed by atoms with Crippen LogP contribution in [-0.2, 0) is 0 Å². The van der Waals surface area contributed by atoms with Crippen LogP contribution in [0.1, 0.15) is 50.5 Å². The third-order valence-electron chi connectivity index (χ3n) is 3.28. The zero-order chi connectivity index (χ0) is 16.4. The number of aromatic hydroxyl groups is 2. The summed E-state index contributed by atoms with van der Waals surface area (Å²) in [5, 5.41) is 19.5. The fraction of sp³-hybridized carbons (Fsp3) is 0.118. The molecule has 0 heterocycles. The van der Waals surface area contributed by atoms with E-state index >= 15 is 0 Å². The average molecular weight is 298 g/mol. The van der Waals surface area contributed by atoms with Gasteiger partial charge in [0.2, 0.25) is 0 Å². The Morgan fingerprint density at radius 3 is 1.36 bits per heavy atom. The van der Waals surface area contributed by atoms with Gasteiger partial charge in [-0.1, -0.05) is 12.1 Å². The molecule has 112 valence electrons. The monoisotopic (exact) mass is 298 g/mol. The van der Waals surface area contributed by atoms with Crippen LogP contribution in [-0.4, -0.2) is 27.6 Å². The van der Waals surface area contributed by atoms with Gasteiger partial charge in [-0.05, 0) is 38.1 Å². The maximum atomic E-state index is 12.3. The number of ketones is 3. The second-order valence-electron chi connectivity index (χ2n) is 4.91. The Labute approximate surface area is 126 Å². The average Bonchev–Trinajstić information content (AvgIpc) is 2.45. The maximum Gasteiger partial charge on any atom is 0.193 e. The molecule has 2 aromatic rings. The van der Waals surface area contributed by atoms with Crippen molar-refractivity contribution in [2.45, 2.75) is 13.8 Å². The SMILES string of the molecule is CC(=O)c1ccc(C(=O)c2ccc(C(C)=O)c(O)c2)cc1O. The first-order valence-electron chi connectivity index (χ1n) is 6.54. The highest BCUT2D eigenvalue weighted by atomic mass is 16.3. The molecule has 0 fully saturated rings. The molecule has 0 aromatic heterocycles. The molecule has 5 nitrogen and oxygen atoms in total. The highest BCUT2D eigenvalue weighted by Gasteiger charge is 2.15. The number of phenols is 2. The number of carbonyl (C=O) groups excluding carboxylic acids is 3. The van der Waals surface area contributed by atoms with E-state index in [1.807, 2.05) is 0 Å². The first-order chi connectivity index (χ1) is 10.3. The molecule has 0 atom stereocenters. The molecule has 0 unspecified atom stereocenters.